The van der Waals surface area contributed by atoms with Crippen LogP contribution < -0.4 is 5.32 Å². The van der Waals surface area contributed by atoms with Crippen LogP contribution in [0.4, 0.5) is 4.39 Å². The Labute approximate surface area is 119 Å². The molecule has 0 radical (unpaired) electrons. The van der Waals surface area contributed by atoms with Gasteiger partial charge in [-0.25, -0.2) is 4.39 Å². The first kappa shape index (κ1) is 11.9. The topological polar surface area (TPSA) is 29.1 Å². The Morgan fingerprint density at radius 1 is 1.26 bits per heavy atom. The minimum Gasteiger partial charge on any atom is -0.349 e. The molecule has 2 bridgehead atoms. The first-order valence-corrected chi connectivity index (χ1v) is 7.70. The highest BCUT2D eigenvalue weighted by Gasteiger charge is 2.65. The molecule has 2 nitrogen and oxygen atoms in total. The summed E-state index contributed by atoms with van der Waals surface area (Å²) in [6, 6.07) is 4.89. The van der Waals surface area contributed by atoms with Crippen LogP contribution in [0.15, 0.2) is 22.7 Å². The second-order valence-electron chi connectivity index (χ2n) is 6.11. The van der Waals surface area contributed by atoms with Gasteiger partial charge in [0.1, 0.15) is 5.82 Å². The number of nitrogens with one attached hydrogen (secondary N) is 1. The van der Waals surface area contributed by atoms with Gasteiger partial charge in [-0.15, -0.1) is 0 Å². The molecule has 1 aromatic rings. The zero-order chi connectivity index (χ0) is 13.1. The predicted molar refractivity (Wildman–Crippen MR) is 73.2 cm³/mol. The van der Waals surface area contributed by atoms with E-state index >= 15 is 0 Å². The fourth-order valence-corrected chi connectivity index (χ4v) is 4.75. The van der Waals surface area contributed by atoms with Gasteiger partial charge in [-0.05, 0) is 61.1 Å². The van der Waals surface area contributed by atoms with Crippen molar-refractivity contribution in [2.24, 2.45) is 23.7 Å². The largest absolute Gasteiger partial charge is 0.349 e. The lowest BCUT2D eigenvalue weighted by molar-refractivity contribution is 0.0940. The van der Waals surface area contributed by atoms with Gasteiger partial charge in [-0.2, -0.15) is 0 Å². The molecule has 4 atom stereocenters. The quantitative estimate of drug-likeness (QED) is 0.888. The Morgan fingerprint density at radius 2 is 1.95 bits per heavy atom. The standard InChI is InChI=1S/C15H15BrFNO/c16-9-3-4-10(11(17)6-9)15(19)18-14-12-7-1-2-8(5-7)13(12)14/h3-4,6-8,12-14H,1-2,5H2,(H,18,19). The van der Waals surface area contributed by atoms with Gasteiger partial charge in [-0.1, -0.05) is 15.9 Å². The number of fused-ring (bicyclic) bond motifs is 5. The summed E-state index contributed by atoms with van der Waals surface area (Å²) in [7, 11) is 0. The van der Waals surface area contributed by atoms with E-state index in [1.165, 1.54) is 25.3 Å². The van der Waals surface area contributed by atoms with Crippen LogP contribution in [0.5, 0.6) is 0 Å². The molecule has 0 spiro atoms. The van der Waals surface area contributed by atoms with E-state index < -0.39 is 5.82 Å². The Kier molecular flexibility index (Phi) is 2.53. The number of amides is 1. The molecule has 0 aromatic heterocycles. The molecule has 100 valence electrons. The summed E-state index contributed by atoms with van der Waals surface area (Å²) in [5.41, 5.74) is 0.153. The van der Waals surface area contributed by atoms with Crippen molar-refractivity contribution in [3.63, 3.8) is 0 Å². The van der Waals surface area contributed by atoms with Gasteiger partial charge in [0, 0.05) is 10.5 Å². The molecule has 3 aliphatic carbocycles. The molecule has 1 amide bonds. The van der Waals surface area contributed by atoms with E-state index in [9.17, 15) is 9.18 Å². The van der Waals surface area contributed by atoms with Gasteiger partial charge in [0.15, 0.2) is 0 Å². The second-order valence-corrected chi connectivity index (χ2v) is 7.03. The van der Waals surface area contributed by atoms with Crippen LogP contribution >= 0.6 is 15.9 Å². The van der Waals surface area contributed by atoms with E-state index in [0.29, 0.717) is 22.4 Å². The molecule has 0 aliphatic heterocycles. The molecule has 19 heavy (non-hydrogen) atoms. The number of rotatable bonds is 2. The van der Waals surface area contributed by atoms with E-state index in [-0.39, 0.29) is 11.5 Å². The lowest BCUT2D eigenvalue weighted by atomic mass is 10.0. The third-order valence-electron chi connectivity index (χ3n) is 5.21. The molecule has 3 fully saturated rings. The molecular weight excluding hydrogens is 309 g/mol. The van der Waals surface area contributed by atoms with Crippen molar-refractivity contribution in [1.82, 2.24) is 5.32 Å². The number of halogens is 2. The first-order chi connectivity index (χ1) is 9.15. The van der Waals surface area contributed by atoms with E-state index in [1.807, 2.05) is 0 Å². The zero-order valence-corrected chi connectivity index (χ0v) is 12.0. The van der Waals surface area contributed by atoms with Crippen molar-refractivity contribution in [1.29, 1.82) is 0 Å². The molecular formula is C15H15BrFNO. The Bertz CT molecular complexity index is 545. The van der Waals surface area contributed by atoms with Gasteiger partial charge in [0.25, 0.3) is 5.91 Å². The van der Waals surface area contributed by atoms with E-state index in [1.54, 1.807) is 12.1 Å². The number of carbonyl (C=O) groups is 1. The van der Waals surface area contributed by atoms with Crippen LogP contribution in [0.1, 0.15) is 29.6 Å². The summed E-state index contributed by atoms with van der Waals surface area (Å²) in [5, 5.41) is 3.04. The minimum atomic E-state index is -0.458. The number of hydrogen-bond acceptors (Lipinski definition) is 1. The van der Waals surface area contributed by atoms with Gasteiger partial charge in [0.2, 0.25) is 0 Å². The van der Waals surface area contributed by atoms with E-state index in [0.717, 1.165) is 11.8 Å². The number of hydrogen-bond donors (Lipinski definition) is 1. The third kappa shape index (κ3) is 1.76. The highest BCUT2D eigenvalue weighted by Crippen LogP contribution is 2.65. The first-order valence-electron chi connectivity index (χ1n) is 6.91. The summed E-state index contributed by atoms with van der Waals surface area (Å²) in [4.78, 5) is 12.1. The van der Waals surface area contributed by atoms with Crippen molar-refractivity contribution < 1.29 is 9.18 Å². The molecule has 1 aromatic carbocycles. The maximum Gasteiger partial charge on any atom is 0.254 e. The molecule has 3 saturated carbocycles. The van der Waals surface area contributed by atoms with Crippen LogP contribution in [-0.4, -0.2) is 11.9 Å². The van der Waals surface area contributed by atoms with Gasteiger partial charge in [-0.3, -0.25) is 4.79 Å². The minimum absolute atomic E-state index is 0.153. The van der Waals surface area contributed by atoms with Crippen LogP contribution in [0.3, 0.4) is 0 Å². The molecule has 4 unspecified atom stereocenters. The summed E-state index contributed by atoms with van der Waals surface area (Å²) < 4.78 is 14.4. The smallest absolute Gasteiger partial charge is 0.254 e. The normalized spacial score (nSPS) is 38.1. The van der Waals surface area contributed by atoms with E-state index in [4.69, 9.17) is 0 Å². The van der Waals surface area contributed by atoms with Crippen molar-refractivity contribution in [2.75, 3.05) is 0 Å². The van der Waals surface area contributed by atoms with Crippen molar-refractivity contribution >= 4 is 21.8 Å². The number of benzene rings is 1. The monoisotopic (exact) mass is 323 g/mol. The second kappa shape index (κ2) is 4.05. The third-order valence-corrected chi connectivity index (χ3v) is 5.70. The zero-order valence-electron chi connectivity index (χ0n) is 10.4. The van der Waals surface area contributed by atoms with Crippen molar-refractivity contribution in [3.05, 3.63) is 34.1 Å². The van der Waals surface area contributed by atoms with Crippen molar-refractivity contribution in [2.45, 2.75) is 25.3 Å². The summed E-state index contributed by atoms with van der Waals surface area (Å²) in [6.07, 6.45) is 4.00. The molecule has 0 heterocycles. The van der Waals surface area contributed by atoms with Crippen LogP contribution in [0.25, 0.3) is 0 Å². The van der Waals surface area contributed by atoms with Gasteiger partial charge < -0.3 is 5.32 Å². The van der Waals surface area contributed by atoms with E-state index in [2.05, 4.69) is 21.2 Å². The molecule has 4 heteroatoms. The molecule has 4 rings (SSSR count). The Morgan fingerprint density at radius 3 is 2.58 bits per heavy atom. The Hall–Kier alpha value is -0.900. The average molecular weight is 324 g/mol. The lowest BCUT2D eigenvalue weighted by Gasteiger charge is -2.11. The van der Waals surface area contributed by atoms with Crippen molar-refractivity contribution in [3.8, 4) is 0 Å². The maximum atomic E-state index is 13.7. The summed E-state index contributed by atoms with van der Waals surface area (Å²) >= 11 is 3.20. The van der Waals surface area contributed by atoms with Gasteiger partial charge in [0.05, 0.1) is 5.56 Å². The molecule has 1 N–H and O–H groups in total. The maximum absolute atomic E-state index is 13.7. The summed E-state index contributed by atoms with van der Waals surface area (Å²) in [5.74, 6) is 2.28. The lowest BCUT2D eigenvalue weighted by Crippen LogP contribution is -2.30. The molecule has 0 saturated heterocycles. The Balaban J connectivity index is 1.48. The average Bonchev–Trinajstić information content (AvgIpc) is 2.78. The van der Waals surface area contributed by atoms with Crippen LogP contribution in [0, 0.1) is 29.5 Å². The van der Waals surface area contributed by atoms with Gasteiger partial charge >= 0.3 is 0 Å². The van der Waals surface area contributed by atoms with Crippen LogP contribution in [-0.2, 0) is 0 Å². The SMILES string of the molecule is O=C(NC1C2C3CCC(C3)C12)c1ccc(Br)cc1F. The van der Waals surface area contributed by atoms with Crippen LogP contribution in [0.2, 0.25) is 0 Å². The number of carbonyl (C=O) groups excluding carboxylic acids is 1. The fourth-order valence-electron chi connectivity index (χ4n) is 4.42. The highest BCUT2D eigenvalue weighted by atomic mass is 79.9. The predicted octanol–water partition coefficient (Wildman–Crippen LogP) is 3.36. The molecule has 3 aliphatic rings. The highest BCUT2D eigenvalue weighted by molar-refractivity contribution is 9.10. The summed E-state index contributed by atoms with van der Waals surface area (Å²) in [6.45, 7) is 0. The fraction of sp³-hybridized carbons (Fsp3) is 0.533.